The molecule has 0 spiro atoms. The summed E-state index contributed by atoms with van der Waals surface area (Å²) in [5.74, 6) is 0. The van der Waals surface area contributed by atoms with Crippen molar-refractivity contribution in [1.82, 2.24) is 0 Å². The Morgan fingerprint density at radius 1 is 1.21 bits per heavy atom. The smallest absolute Gasteiger partial charge is 0.181 e. The Balaban J connectivity index is 2.82. The molecule has 0 aliphatic rings. The van der Waals surface area contributed by atoms with E-state index < -0.39 is 6.04 Å². The molecule has 5 heteroatoms. The number of hydrogen-bond acceptors (Lipinski definition) is 4. The first-order valence-electron chi connectivity index (χ1n) is 3.84. The molecule has 0 aromatic heterocycles. The zero-order chi connectivity index (χ0) is 10.4. The van der Waals surface area contributed by atoms with E-state index in [1.54, 1.807) is 18.2 Å². The molecule has 0 heterocycles. The fraction of sp³-hybridized carbons (Fsp3) is 0.111. The molecule has 0 atom stereocenters. The quantitative estimate of drug-likeness (QED) is 0.470. The van der Waals surface area contributed by atoms with Crippen LogP contribution in [0.5, 0.6) is 0 Å². The predicted molar refractivity (Wildman–Crippen MR) is 54.6 cm³/mol. The predicted octanol–water partition coefficient (Wildman–Crippen LogP) is 2.30. The van der Waals surface area contributed by atoms with Crippen LogP contribution in [-0.4, -0.2) is 18.6 Å². The van der Waals surface area contributed by atoms with Crippen molar-refractivity contribution in [1.29, 1.82) is 0 Å². The topological polar surface area (TPSA) is 58.9 Å². The van der Waals surface area contributed by atoms with Crippen molar-refractivity contribution in [2.45, 2.75) is 6.04 Å². The lowest BCUT2D eigenvalue weighted by atomic mass is 10.3. The van der Waals surface area contributed by atoms with E-state index >= 15 is 0 Å². The highest BCUT2D eigenvalue weighted by Crippen LogP contribution is 2.24. The Morgan fingerprint density at radius 2 is 1.86 bits per heavy atom. The molecule has 0 aliphatic carbocycles. The molecule has 0 saturated heterocycles. The van der Waals surface area contributed by atoms with Crippen molar-refractivity contribution >= 4 is 34.2 Å². The maximum atomic E-state index is 10.2. The molecular weight excluding hydrogens is 248 g/mol. The third kappa shape index (κ3) is 2.85. The van der Waals surface area contributed by atoms with Gasteiger partial charge < -0.3 is 9.59 Å². The van der Waals surface area contributed by atoms with Gasteiger partial charge in [0.15, 0.2) is 18.6 Å². The summed E-state index contributed by atoms with van der Waals surface area (Å²) in [6.07, 6.45) is 0.876. The first kappa shape index (κ1) is 10.7. The van der Waals surface area contributed by atoms with E-state index in [1.165, 1.54) is 0 Å². The molecule has 0 saturated carbocycles. The molecule has 72 valence electrons. The van der Waals surface area contributed by atoms with Crippen LogP contribution in [0.25, 0.3) is 0 Å². The Labute approximate surface area is 89.2 Å². The molecule has 1 aromatic carbocycles. The number of aldehydes is 2. The molecule has 0 aliphatic heterocycles. The van der Waals surface area contributed by atoms with Gasteiger partial charge >= 0.3 is 0 Å². The summed E-state index contributed by atoms with van der Waals surface area (Å²) in [5.41, 5.74) is 0.584. The highest BCUT2D eigenvalue weighted by atomic mass is 79.9. The zero-order valence-corrected chi connectivity index (χ0v) is 8.72. The highest BCUT2D eigenvalue weighted by molar-refractivity contribution is 9.10. The van der Waals surface area contributed by atoms with Gasteiger partial charge in [-0.2, -0.15) is 10.2 Å². The summed E-state index contributed by atoms with van der Waals surface area (Å²) in [4.78, 5) is 20.5. The second kappa shape index (κ2) is 5.39. The average molecular weight is 255 g/mol. The van der Waals surface area contributed by atoms with Gasteiger partial charge in [0.05, 0.1) is 5.69 Å². The standard InChI is InChI=1S/C9H7BrN2O2/c10-8-3-1-2-4-9(8)12-11-7(5-13)6-14/h1-7H. The number of nitrogens with zero attached hydrogens (tertiary/aromatic N) is 2. The number of rotatable bonds is 4. The fourth-order valence-electron chi connectivity index (χ4n) is 0.748. The molecular formula is C9H7BrN2O2. The highest BCUT2D eigenvalue weighted by Gasteiger charge is 2.02. The van der Waals surface area contributed by atoms with Crippen LogP contribution < -0.4 is 0 Å². The van der Waals surface area contributed by atoms with E-state index in [9.17, 15) is 9.59 Å². The van der Waals surface area contributed by atoms with Crippen molar-refractivity contribution in [3.8, 4) is 0 Å². The zero-order valence-electron chi connectivity index (χ0n) is 7.13. The van der Waals surface area contributed by atoms with Crippen LogP contribution in [-0.2, 0) is 9.59 Å². The SMILES string of the molecule is O=CC(C=O)N=Nc1ccccc1Br. The molecule has 14 heavy (non-hydrogen) atoms. The van der Waals surface area contributed by atoms with Crippen LogP contribution in [0.15, 0.2) is 39.0 Å². The van der Waals surface area contributed by atoms with Gasteiger partial charge in [-0.3, -0.25) is 0 Å². The minimum Gasteiger partial charge on any atom is -0.300 e. The van der Waals surface area contributed by atoms with Gasteiger partial charge in [0.25, 0.3) is 0 Å². The second-order valence-electron chi connectivity index (χ2n) is 2.43. The molecule has 0 unspecified atom stereocenters. The first-order valence-corrected chi connectivity index (χ1v) is 4.63. The number of azo groups is 1. The number of hydrogen-bond donors (Lipinski definition) is 0. The van der Waals surface area contributed by atoms with Gasteiger partial charge in [-0.25, -0.2) is 0 Å². The van der Waals surface area contributed by atoms with Gasteiger partial charge in [0.2, 0.25) is 0 Å². The van der Waals surface area contributed by atoms with E-state index in [4.69, 9.17) is 0 Å². The van der Waals surface area contributed by atoms with Gasteiger partial charge in [-0.05, 0) is 28.1 Å². The molecule has 0 N–H and O–H groups in total. The maximum Gasteiger partial charge on any atom is 0.181 e. The molecule has 0 amide bonds. The number of halogens is 1. The minimum absolute atomic E-state index is 0.438. The summed E-state index contributed by atoms with van der Waals surface area (Å²) in [6.45, 7) is 0. The summed E-state index contributed by atoms with van der Waals surface area (Å²) in [6, 6.07) is 6.13. The summed E-state index contributed by atoms with van der Waals surface area (Å²) in [7, 11) is 0. The van der Waals surface area contributed by atoms with Crippen LogP contribution in [0, 0.1) is 0 Å². The largest absolute Gasteiger partial charge is 0.300 e. The van der Waals surface area contributed by atoms with E-state index in [1.807, 2.05) is 6.07 Å². The molecule has 1 rings (SSSR count). The third-order valence-electron chi connectivity index (χ3n) is 1.43. The van der Waals surface area contributed by atoms with Crippen LogP contribution in [0.4, 0.5) is 5.69 Å². The lowest BCUT2D eigenvalue weighted by Gasteiger charge is -1.95. The van der Waals surface area contributed by atoms with E-state index in [0.29, 0.717) is 18.3 Å². The maximum absolute atomic E-state index is 10.2. The second-order valence-corrected chi connectivity index (χ2v) is 3.28. The molecule has 0 radical (unpaired) electrons. The van der Waals surface area contributed by atoms with E-state index in [0.717, 1.165) is 4.47 Å². The third-order valence-corrected chi connectivity index (χ3v) is 2.10. The molecule has 1 aromatic rings. The minimum atomic E-state index is -1.01. The average Bonchev–Trinajstić information content (AvgIpc) is 2.22. The molecule has 4 nitrogen and oxygen atoms in total. The van der Waals surface area contributed by atoms with Gasteiger partial charge in [0, 0.05) is 4.47 Å². The van der Waals surface area contributed by atoms with Crippen LogP contribution >= 0.6 is 15.9 Å². The Bertz CT molecular complexity index is 358. The lowest BCUT2D eigenvalue weighted by molar-refractivity contribution is -0.116. The van der Waals surface area contributed by atoms with Crippen LogP contribution in [0.1, 0.15) is 0 Å². The number of carbonyl (C=O) groups is 2. The Morgan fingerprint density at radius 3 is 2.43 bits per heavy atom. The van der Waals surface area contributed by atoms with Crippen molar-refractivity contribution in [3.05, 3.63) is 28.7 Å². The summed E-state index contributed by atoms with van der Waals surface area (Å²) >= 11 is 3.26. The molecule has 0 fully saturated rings. The number of benzene rings is 1. The Hall–Kier alpha value is -1.36. The first-order chi connectivity index (χ1) is 6.77. The normalized spacial score (nSPS) is 10.7. The summed E-state index contributed by atoms with van der Waals surface area (Å²) in [5, 5.41) is 7.31. The van der Waals surface area contributed by atoms with Crippen LogP contribution in [0.2, 0.25) is 0 Å². The molecule has 0 bridgehead atoms. The monoisotopic (exact) mass is 254 g/mol. The van der Waals surface area contributed by atoms with E-state index in [-0.39, 0.29) is 0 Å². The van der Waals surface area contributed by atoms with E-state index in [2.05, 4.69) is 26.2 Å². The Kier molecular flexibility index (Phi) is 4.12. The number of carbonyl (C=O) groups excluding carboxylic acids is 2. The lowest BCUT2D eigenvalue weighted by Crippen LogP contribution is -2.05. The van der Waals surface area contributed by atoms with Crippen molar-refractivity contribution in [2.24, 2.45) is 10.2 Å². The van der Waals surface area contributed by atoms with Crippen molar-refractivity contribution in [3.63, 3.8) is 0 Å². The van der Waals surface area contributed by atoms with Gasteiger partial charge in [0.1, 0.15) is 0 Å². The fourth-order valence-corrected chi connectivity index (χ4v) is 1.11. The van der Waals surface area contributed by atoms with Gasteiger partial charge in [-0.1, -0.05) is 12.1 Å². The van der Waals surface area contributed by atoms with Crippen molar-refractivity contribution in [2.75, 3.05) is 0 Å². The van der Waals surface area contributed by atoms with Crippen molar-refractivity contribution < 1.29 is 9.59 Å². The van der Waals surface area contributed by atoms with Gasteiger partial charge in [-0.15, -0.1) is 0 Å². The summed E-state index contributed by atoms with van der Waals surface area (Å²) < 4.78 is 0.763. The van der Waals surface area contributed by atoms with Crippen LogP contribution in [0.3, 0.4) is 0 Å².